The molecule has 0 atom stereocenters. The minimum atomic E-state index is -0.112. The Morgan fingerprint density at radius 2 is 1.96 bits per heavy atom. The van der Waals surface area contributed by atoms with Crippen molar-refractivity contribution in [3.05, 3.63) is 48.0 Å². The van der Waals surface area contributed by atoms with Crippen molar-refractivity contribution in [1.82, 2.24) is 9.88 Å². The number of ether oxygens (including phenoxy) is 2. The number of piperidine rings is 1. The number of amides is 2. The third-order valence-electron chi connectivity index (χ3n) is 4.95. The van der Waals surface area contributed by atoms with Gasteiger partial charge in [-0.05, 0) is 30.7 Å². The molecule has 0 spiro atoms. The molecular weight excluding hydrogens is 374 g/mol. The molecule has 0 aliphatic carbocycles. The molecule has 1 N–H and O–H groups in total. The highest BCUT2D eigenvalue weighted by Crippen LogP contribution is 2.31. The summed E-state index contributed by atoms with van der Waals surface area (Å²) in [5.41, 5.74) is 2.85. The maximum Gasteiger partial charge on any atom is 0.321 e. The fraction of sp³-hybridized carbons (Fsp3) is 0.333. The van der Waals surface area contributed by atoms with Crippen LogP contribution >= 0.6 is 11.3 Å². The van der Waals surface area contributed by atoms with Crippen LogP contribution in [0.3, 0.4) is 0 Å². The predicted molar refractivity (Wildman–Crippen MR) is 112 cm³/mol. The number of likely N-dealkylation sites (tertiary alicyclic amines) is 1. The molecule has 1 aliphatic heterocycles. The first-order valence-electron chi connectivity index (χ1n) is 9.36. The number of benzene rings is 2. The van der Waals surface area contributed by atoms with Gasteiger partial charge in [0, 0.05) is 25.9 Å². The molecule has 1 aromatic heterocycles. The van der Waals surface area contributed by atoms with E-state index < -0.39 is 0 Å². The molecule has 0 radical (unpaired) electrons. The van der Waals surface area contributed by atoms with Gasteiger partial charge in [-0.2, -0.15) is 0 Å². The van der Waals surface area contributed by atoms with Crippen LogP contribution in [0.25, 0.3) is 10.2 Å². The fourth-order valence-electron chi connectivity index (χ4n) is 3.38. The van der Waals surface area contributed by atoms with Crippen molar-refractivity contribution < 1.29 is 14.3 Å². The summed E-state index contributed by atoms with van der Waals surface area (Å²) in [6.07, 6.45) is 1.65. The molecule has 1 aliphatic rings. The largest absolute Gasteiger partial charge is 0.495 e. The maximum absolute atomic E-state index is 12.6. The van der Waals surface area contributed by atoms with E-state index in [0.717, 1.165) is 28.6 Å². The number of nitrogens with one attached hydrogen (secondary N) is 1. The monoisotopic (exact) mass is 397 g/mol. The number of hydrogen-bond acceptors (Lipinski definition) is 5. The number of fused-ring (bicyclic) bond motifs is 1. The molecule has 1 saturated heterocycles. The molecular formula is C21H23N3O3S. The molecule has 7 heteroatoms. The number of nitrogens with zero attached hydrogens (tertiary/aromatic N) is 2. The highest BCUT2D eigenvalue weighted by atomic mass is 32.1. The predicted octanol–water partition coefficient (Wildman–Crippen LogP) is 4.69. The number of thiazole rings is 1. The lowest BCUT2D eigenvalue weighted by atomic mass is 10.1. The number of rotatable bonds is 4. The summed E-state index contributed by atoms with van der Waals surface area (Å²) >= 11 is 1.58. The van der Waals surface area contributed by atoms with Gasteiger partial charge in [-0.3, -0.25) is 0 Å². The van der Waals surface area contributed by atoms with Gasteiger partial charge >= 0.3 is 6.03 Å². The van der Waals surface area contributed by atoms with Crippen LogP contribution in [0.4, 0.5) is 10.5 Å². The Balaban J connectivity index is 1.33. The minimum absolute atomic E-state index is 0.0798. The van der Waals surface area contributed by atoms with E-state index in [1.165, 1.54) is 0 Å². The number of urea groups is 1. The van der Waals surface area contributed by atoms with Gasteiger partial charge in [-0.25, -0.2) is 9.78 Å². The highest BCUT2D eigenvalue weighted by molar-refractivity contribution is 7.20. The Kier molecular flexibility index (Phi) is 5.34. The molecule has 6 nitrogen and oxygen atoms in total. The average Bonchev–Trinajstić information content (AvgIpc) is 3.13. The van der Waals surface area contributed by atoms with Gasteiger partial charge in [-0.15, -0.1) is 0 Å². The van der Waals surface area contributed by atoms with E-state index in [1.54, 1.807) is 18.4 Å². The highest BCUT2D eigenvalue weighted by Gasteiger charge is 2.25. The Bertz CT molecular complexity index is 980. The molecule has 0 unspecified atom stereocenters. The maximum atomic E-state index is 12.6. The number of carbonyl (C=O) groups excluding carboxylic acids is 1. The van der Waals surface area contributed by atoms with Crippen LogP contribution < -0.4 is 14.8 Å². The zero-order valence-electron chi connectivity index (χ0n) is 16.0. The molecule has 2 aromatic carbocycles. The van der Waals surface area contributed by atoms with Crippen molar-refractivity contribution in [2.75, 3.05) is 25.5 Å². The van der Waals surface area contributed by atoms with Gasteiger partial charge in [0.25, 0.3) is 5.19 Å². The fourth-order valence-corrected chi connectivity index (χ4v) is 4.34. The number of aromatic nitrogens is 1. The zero-order valence-corrected chi connectivity index (χ0v) is 16.8. The Hall–Kier alpha value is -2.80. The van der Waals surface area contributed by atoms with Crippen molar-refractivity contribution in [2.45, 2.75) is 25.9 Å². The Labute approximate surface area is 168 Å². The van der Waals surface area contributed by atoms with Gasteiger partial charge in [0.15, 0.2) is 0 Å². The molecule has 28 heavy (non-hydrogen) atoms. The van der Waals surface area contributed by atoms with Crippen LogP contribution in [0.2, 0.25) is 0 Å². The minimum Gasteiger partial charge on any atom is -0.495 e. The molecule has 4 rings (SSSR count). The Morgan fingerprint density at radius 3 is 2.71 bits per heavy atom. The topological polar surface area (TPSA) is 63.7 Å². The molecule has 1 fully saturated rings. The summed E-state index contributed by atoms with van der Waals surface area (Å²) < 4.78 is 12.5. The lowest BCUT2D eigenvalue weighted by molar-refractivity contribution is 0.115. The van der Waals surface area contributed by atoms with E-state index in [4.69, 9.17) is 9.47 Å². The smallest absolute Gasteiger partial charge is 0.321 e. The number of hydrogen-bond donors (Lipinski definition) is 1. The second-order valence-corrected chi connectivity index (χ2v) is 7.83. The van der Waals surface area contributed by atoms with Crippen molar-refractivity contribution >= 4 is 33.3 Å². The Morgan fingerprint density at radius 1 is 1.18 bits per heavy atom. The van der Waals surface area contributed by atoms with Gasteiger partial charge < -0.3 is 19.7 Å². The van der Waals surface area contributed by atoms with E-state index in [9.17, 15) is 4.79 Å². The molecule has 0 saturated carbocycles. The number of anilines is 1. The van der Waals surface area contributed by atoms with Gasteiger partial charge in [0.1, 0.15) is 11.9 Å². The lowest BCUT2D eigenvalue weighted by Crippen LogP contribution is -2.43. The van der Waals surface area contributed by atoms with Gasteiger partial charge in [-0.1, -0.05) is 35.6 Å². The van der Waals surface area contributed by atoms with Crippen LogP contribution in [0.1, 0.15) is 18.4 Å². The van der Waals surface area contributed by atoms with E-state index in [1.807, 2.05) is 35.2 Å². The van der Waals surface area contributed by atoms with Crippen LogP contribution in [-0.4, -0.2) is 42.2 Å². The van der Waals surface area contributed by atoms with E-state index in [0.29, 0.717) is 29.7 Å². The zero-order chi connectivity index (χ0) is 19.5. The first kappa shape index (κ1) is 18.6. The summed E-state index contributed by atoms with van der Waals surface area (Å²) in [6, 6.07) is 13.5. The first-order chi connectivity index (χ1) is 13.6. The van der Waals surface area contributed by atoms with E-state index in [2.05, 4.69) is 29.4 Å². The van der Waals surface area contributed by atoms with Gasteiger partial charge in [0.2, 0.25) is 0 Å². The summed E-state index contributed by atoms with van der Waals surface area (Å²) in [4.78, 5) is 19.0. The second-order valence-electron chi connectivity index (χ2n) is 6.84. The summed E-state index contributed by atoms with van der Waals surface area (Å²) in [5.74, 6) is 0.653. The average molecular weight is 398 g/mol. The first-order valence-corrected chi connectivity index (χ1v) is 10.2. The molecule has 3 aromatic rings. The van der Waals surface area contributed by atoms with Crippen molar-refractivity contribution in [3.8, 4) is 10.9 Å². The van der Waals surface area contributed by atoms with Crippen LogP contribution in [0.5, 0.6) is 10.9 Å². The lowest BCUT2D eigenvalue weighted by Gasteiger charge is -2.31. The standard InChI is InChI=1S/C21H23N3O3S/c1-14-6-5-9-18-19(14)23-21(28-18)27-15-10-12-24(13-11-15)20(25)22-16-7-3-4-8-17(16)26-2/h3-9,15H,10-13H2,1-2H3,(H,22,25). The summed E-state index contributed by atoms with van der Waals surface area (Å²) in [5, 5.41) is 3.64. The molecule has 146 valence electrons. The third-order valence-corrected chi connectivity index (χ3v) is 5.86. The molecule has 0 bridgehead atoms. The van der Waals surface area contributed by atoms with Crippen molar-refractivity contribution in [1.29, 1.82) is 0 Å². The summed E-state index contributed by atoms with van der Waals surface area (Å²) in [7, 11) is 1.59. The van der Waals surface area contributed by atoms with E-state index >= 15 is 0 Å². The van der Waals surface area contributed by atoms with Crippen molar-refractivity contribution in [3.63, 3.8) is 0 Å². The quantitative estimate of drug-likeness (QED) is 0.694. The normalized spacial score (nSPS) is 14.9. The summed E-state index contributed by atoms with van der Waals surface area (Å²) in [6.45, 7) is 3.36. The van der Waals surface area contributed by atoms with Crippen LogP contribution in [-0.2, 0) is 0 Å². The van der Waals surface area contributed by atoms with Crippen LogP contribution in [0, 0.1) is 6.92 Å². The number of para-hydroxylation sites is 3. The van der Waals surface area contributed by atoms with E-state index in [-0.39, 0.29) is 12.1 Å². The number of aryl methyl sites for hydroxylation is 1. The number of methoxy groups -OCH3 is 1. The third kappa shape index (κ3) is 3.89. The van der Waals surface area contributed by atoms with Crippen molar-refractivity contribution in [2.24, 2.45) is 0 Å². The second kappa shape index (κ2) is 8.06. The number of carbonyl (C=O) groups is 1. The molecule has 2 heterocycles. The molecule has 2 amide bonds. The SMILES string of the molecule is COc1ccccc1NC(=O)N1CCC(Oc2nc3c(C)cccc3s2)CC1. The van der Waals surface area contributed by atoms with Gasteiger partial charge in [0.05, 0.1) is 23.0 Å². The van der Waals surface area contributed by atoms with Crippen LogP contribution in [0.15, 0.2) is 42.5 Å².